The summed E-state index contributed by atoms with van der Waals surface area (Å²) in [6.45, 7) is 5.15. The zero-order valence-electron chi connectivity index (χ0n) is 10.5. The van der Waals surface area contributed by atoms with Crippen molar-refractivity contribution in [2.24, 2.45) is 5.73 Å². The van der Waals surface area contributed by atoms with Crippen molar-refractivity contribution >= 4 is 5.91 Å². The van der Waals surface area contributed by atoms with E-state index in [9.17, 15) is 9.90 Å². The number of benzene rings is 1. The third kappa shape index (κ3) is 3.54. The molecular weight excluding hydrogens is 216 g/mol. The Kier molecular flexibility index (Phi) is 4.26. The van der Waals surface area contributed by atoms with Crippen molar-refractivity contribution in [3.8, 4) is 0 Å². The van der Waals surface area contributed by atoms with Gasteiger partial charge < -0.3 is 16.2 Å². The molecule has 1 aromatic carbocycles. The lowest BCUT2D eigenvalue weighted by molar-refractivity contribution is -0.125. The second-order valence-electron chi connectivity index (χ2n) is 4.78. The largest absolute Gasteiger partial charge is 0.391 e. The fourth-order valence-corrected chi connectivity index (χ4v) is 1.31. The Bertz CT molecular complexity index is 374. The molecule has 4 nitrogen and oxygen atoms in total. The second kappa shape index (κ2) is 5.29. The van der Waals surface area contributed by atoms with Gasteiger partial charge in [-0.05, 0) is 26.3 Å². The first-order chi connectivity index (χ1) is 7.84. The molecule has 17 heavy (non-hydrogen) atoms. The third-order valence-electron chi connectivity index (χ3n) is 2.93. The maximum Gasteiger partial charge on any atom is 0.242 e. The minimum Gasteiger partial charge on any atom is -0.391 e. The van der Waals surface area contributed by atoms with Crippen molar-refractivity contribution in [2.45, 2.75) is 38.5 Å². The Balaban J connectivity index is 2.72. The van der Waals surface area contributed by atoms with Gasteiger partial charge in [0.25, 0.3) is 0 Å². The number of aliphatic hydroxyl groups is 1. The maximum absolute atomic E-state index is 11.9. The highest BCUT2D eigenvalue weighted by atomic mass is 16.3. The summed E-state index contributed by atoms with van der Waals surface area (Å²) in [7, 11) is 0. The van der Waals surface area contributed by atoms with E-state index >= 15 is 0 Å². The molecule has 0 radical (unpaired) electrons. The van der Waals surface area contributed by atoms with Gasteiger partial charge in [0.05, 0.1) is 11.6 Å². The number of amides is 1. The molecule has 0 saturated carbocycles. The molecule has 0 bridgehead atoms. The van der Waals surface area contributed by atoms with Crippen LogP contribution in [0.3, 0.4) is 0 Å². The van der Waals surface area contributed by atoms with Crippen LogP contribution in [0.2, 0.25) is 0 Å². The zero-order valence-corrected chi connectivity index (χ0v) is 10.5. The van der Waals surface area contributed by atoms with Crippen LogP contribution in [0.25, 0.3) is 0 Å². The van der Waals surface area contributed by atoms with Crippen LogP contribution >= 0.6 is 0 Å². The lowest BCUT2D eigenvalue weighted by atomic mass is 9.97. The standard InChI is InChI=1S/C13H20N2O2/c1-9(16)13(2,3)15-12(17)11(14)10-7-5-4-6-8-10/h4-9,11,16H,14H2,1-3H3,(H,15,17). The van der Waals surface area contributed by atoms with Crippen molar-refractivity contribution in [1.29, 1.82) is 0 Å². The van der Waals surface area contributed by atoms with Crippen LogP contribution in [0.15, 0.2) is 30.3 Å². The summed E-state index contributed by atoms with van der Waals surface area (Å²) in [5.41, 5.74) is 5.92. The van der Waals surface area contributed by atoms with E-state index < -0.39 is 17.7 Å². The number of hydrogen-bond donors (Lipinski definition) is 3. The van der Waals surface area contributed by atoms with E-state index in [4.69, 9.17) is 5.73 Å². The van der Waals surface area contributed by atoms with E-state index in [2.05, 4.69) is 5.32 Å². The first-order valence-corrected chi connectivity index (χ1v) is 5.65. The Morgan fingerprint density at radius 2 is 1.88 bits per heavy atom. The van der Waals surface area contributed by atoms with Crippen LogP contribution in [0.1, 0.15) is 32.4 Å². The Morgan fingerprint density at radius 3 is 2.35 bits per heavy atom. The Labute approximate surface area is 102 Å². The van der Waals surface area contributed by atoms with Gasteiger partial charge in [-0.15, -0.1) is 0 Å². The summed E-state index contributed by atoms with van der Waals surface area (Å²) in [5, 5.41) is 12.3. The summed E-state index contributed by atoms with van der Waals surface area (Å²) >= 11 is 0. The number of nitrogens with one attached hydrogen (secondary N) is 1. The number of aliphatic hydroxyl groups excluding tert-OH is 1. The van der Waals surface area contributed by atoms with Crippen LogP contribution in [0.4, 0.5) is 0 Å². The number of carbonyl (C=O) groups excluding carboxylic acids is 1. The van der Waals surface area contributed by atoms with Crippen molar-refractivity contribution in [1.82, 2.24) is 5.32 Å². The van der Waals surface area contributed by atoms with Gasteiger partial charge in [0.2, 0.25) is 5.91 Å². The maximum atomic E-state index is 11.9. The Morgan fingerprint density at radius 1 is 1.35 bits per heavy atom. The summed E-state index contributed by atoms with van der Waals surface area (Å²) in [6, 6.07) is 8.44. The van der Waals surface area contributed by atoms with Gasteiger partial charge in [-0.1, -0.05) is 30.3 Å². The zero-order chi connectivity index (χ0) is 13.1. The minimum atomic E-state index is -0.714. The predicted octanol–water partition coefficient (Wildman–Crippen LogP) is 0.962. The SMILES string of the molecule is CC(O)C(C)(C)NC(=O)C(N)c1ccccc1. The summed E-state index contributed by atoms with van der Waals surface area (Å²) < 4.78 is 0. The summed E-state index contributed by atoms with van der Waals surface area (Å²) in [5.74, 6) is -0.290. The van der Waals surface area contributed by atoms with Gasteiger partial charge in [0.15, 0.2) is 0 Å². The molecule has 0 spiro atoms. The van der Waals surface area contributed by atoms with E-state index in [0.717, 1.165) is 5.56 Å². The normalized spacial score (nSPS) is 15.1. The topological polar surface area (TPSA) is 75.3 Å². The fraction of sp³-hybridized carbons (Fsp3) is 0.462. The van der Waals surface area contributed by atoms with E-state index in [1.54, 1.807) is 32.9 Å². The number of nitrogens with two attached hydrogens (primary N) is 1. The highest BCUT2D eigenvalue weighted by Gasteiger charge is 2.28. The van der Waals surface area contributed by atoms with Crippen LogP contribution in [-0.4, -0.2) is 22.7 Å². The molecule has 2 unspecified atom stereocenters. The van der Waals surface area contributed by atoms with Gasteiger partial charge in [-0.3, -0.25) is 4.79 Å². The molecule has 0 heterocycles. The lowest BCUT2D eigenvalue weighted by Gasteiger charge is -2.30. The molecule has 1 aromatic rings. The minimum absolute atomic E-state index is 0.290. The highest BCUT2D eigenvalue weighted by molar-refractivity contribution is 5.83. The second-order valence-corrected chi connectivity index (χ2v) is 4.78. The summed E-state index contributed by atoms with van der Waals surface area (Å²) in [4.78, 5) is 11.9. The molecule has 0 saturated heterocycles. The van der Waals surface area contributed by atoms with Crippen LogP contribution in [0, 0.1) is 0 Å². The lowest BCUT2D eigenvalue weighted by Crippen LogP contribution is -2.53. The van der Waals surface area contributed by atoms with Gasteiger partial charge in [-0.2, -0.15) is 0 Å². The third-order valence-corrected chi connectivity index (χ3v) is 2.93. The molecule has 0 aliphatic carbocycles. The molecular formula is C13H20N2O2. The quantitative estimate of drug-likeness (QED) is 0.729. The fourth-order valence-electron chi connectivity index (χ4n) is 1.31. The predicted molar refractivity (Wildman–Crippen MR) is 67.3 cm³/mol. The monoisotopic (exact) mass is 236 g/mol. The molecule has 4 heteroatoms. The van der Waals surface area contributed by atoms with Gasteiger partial charge in [0.1, 0.15) is 6.04 Å². The first-order valence-electron chi connectivity index (χ1n) is 5.65. The van der Waals surface area contributed by atoms with E-state index in [1.807, 2.05) is 18.2 Å². The van der Waals surface area contributed by atoms with Crippen LogP contribution in [0.5, 0.6) is 0 Å². The molecule has 0 aliphatic heterocycles. The Hall–Kier alpha value is -1.39. The van der Waals surface area contributed by atoms with E-state index in [1.165, 1.54) is 0 Å². The smallest absolute Gasteiger partial charge is 0.242 e. The molecule has 1 rings (SSSR count). The van der Waals surface area contributed by atoms with Crippen molar-refractivity contribution in [3.05, 3.63) is 35.9 Å². The number of hydrogen-bond acceptors (Lipinski definition) is 3. The molecule has 4 N–H and O–H groups in total. The average Bonchev–Trinajstić information content (AvgIpc) is 2.28. The average molecular weight is 236 g/mol. The van der Waals surface area contributed by atoms with Gasteiger partial charge in [0, 0.05) is 0 Å². The molecule has 1 amide bonds. The van der Waals surface area contributed by atoms with Crippen molar-refractivity contribution < 1.29 is 9.90 Å². The van der Waals surface area contributed by atoms with Crippen molar-refractivity contribution in [2.75, 3.05) is 0 Å². The number of carbonyl (C=O) groups is 1. The highest BCUT2D eigenvalue weighted by Crippen LogP contribution is 2.13. The molecule has 2 atom stereocenters. The van der Waals surface area contributed by atoms with Crippen LogP contribution < -0.4 is 11.1 Å². The molecule has 0 aromatic heterocycles. The molecule has 0 aliphatic rings. The molecule has 94 valence electrons. The van der Waals surface area contributed by atoms with Crippen LogP contribution in [-0.2, 0) is 4.79 Å². The number of rotatable bonds is 4. The van der Waals surface area contributed by atoms with Crippen molar-refractivity contribution in [3.63, 3.8) is 0 Å². The van der Waals surface area contributed by atoms with E-state index in [0.29, 0.717) is 0 Å². The van der Waals surface area contributed by atoms with E-state index in [-0.39, 0.29) is 5.91 Å². The summed E-state index contributed by atoms with van der Waals surface area (Å²) in [6.07, 6.45) is -0.644. The van der Waals surface area contributed by atoms with Gasteiger partial charge in [-0.25, -0.2) is 0 Å². The molecule has 0 fully saturated rings. The first kappa shape index (κ1) is 13.7. The van der Waals surface area contributed by atoms with Gasteiger partial charge >= 0.3 is 0 Å².